The summed E-state index contributed by atoms with van der Waals surface area (Å²) in [5.41, 5.74) is 2.05. The second-order valence-electron chi connectivity index (χ2n) is 10.8. The zero-order valence-electron chi connectivity index (χ0n) is 23.4. The zero-order chi connectivity index (χ0) is 28.5. The van der Waals surface area contributed by atoms with E-state index in [4.69, 9.17) is 19.1 Å². The predicted molar refractivity (Wildman–Crippen MR) is 164 cm³/mol. The molecule has 0 radical (unpaired) electrons. The van der Waals surface area contributed by atoms with Crippen LogP contribution in [0, 0.1) is 0 Å². The number of hydrogen-bond donors (Lipinski definition) is 1. The Morgan fingerprint density at radius 2 is 1.98 bits per heavy atom. The van der Waals surface area contributed by atoms with E-state index in [1.165, 1.54) is 24.5 Å². The summed E-state index contributed by atoms with van der Waals surface area (Å²) in [4.78, 5) is 33.2. The Labute approximate surface area is 244 Å². The van der Waals surface area contributed by atoms with Gasteiger partial charge in [-0.25, -0.2) is 4.98 Å². The first-order valence-corrected chi connectivity index (χ1v) is 14.9. The standard InChI is InChI=1S/C31H34N6O3S/c1-4-28(39)36-14-15-37(20(2)18-36)30-25-11-12-27(26-17-23(38)16-21-8-5-6-10-24(21)26)32-29(25)33-31(34-30)40-41-19-22-9-7-13-35(22)3/h4-6,8,10-12,16-17,20,22,38H,1,7,9,13-15,18-19H2,2-3H3/t20-,22?/m1/s1. The highest BCUT2D eigenvalue weighted by Crippen LogP contribution is 2.35. The van der Waals surface area contributed by atoms with Crippen LogP contribution in [0.5, 0.6) is 11.8 Å². The highest BCUT2D eigenvalue weighted by Gasteiger charge is 2.29. The summed E-state index contributed by atoms with van der Waals surface area (Å²) in [5.74, 6) is 1.68. The second-order valence-corrected chi connectivity index (χ2v) is 11.5. The number of piperazine rings is 1. The number of fused-ring (bicyclic) bond motifs is 2. The molecule has 9 nitrogen and oxygen atoms in total. The van der Waals surface area contributed by atoms with Crippen molar-refractivity contribution in [3.05, 3.63) is 61.2 Å². The van der Waals surface area contributed by atoms with E-state index in [-0.39, 0.29) is 23.7 Å². The highest BCUT2D eigenvalue weighted by atomic mass is 32.2. The lowest BCUT2D eigenvalue weighted by atomic mass is 10.0. The third kappa shape index (κ3) is 5.54. The maximum Gasteiger partial charge on any atom is 0.332 e. The minimum atomic E-state index is -0.0639. The minimum absolute atomic E-state index is 0.0214. The quantitative estimate of drug-likeness (QED) is 0.246. The average molecular weight is 571 g/mol. The molecule has 1 unspecified atom stereocenters. The van der Waals surface area contributed by atoms with E-state index in [1.54, 1.807) is 12.1 Å². The van der Waals surface area contributed by atoms with Crippen LogP contribution in [0.1, 0.15) is 19.8 Å². The van der Waals surface area contributed by atoms with E-state index in [1.807, 2.05) is 41.3 Å². The number of pyridine rings is 1. The van der Waals surface area contributed by atoms with Crippen molar-refractivity contribution >= 4 is 45.6 Å². The molecule has 10 heteroatoms. The summed E-state index contributed by atoms with van der Waals surface area (Å²) in [6.45, 7) is 8.58. The summed E-state index contributed by atoms with van der Waals surface area (Å²) in [6, 6.07) is 16.1. The van der Waals surface area contributed by atoms with Crippen molar-refractivity contribution in [1.29, 1.82) is 0 Å². The normalized spacial score (nSPS) is 19.7. The van der Waals surface area contributed by atoms with Crippen molar-refractivity contribution in [1.82, 2.24) is 24.8 Å². The van der Waals surface area contributed by atoms with Crippen molar-refractivity contribution in [2.45, 2.75) is 31.8 Å². The summed E-state index contributed by atoms with van der Waals surface area (Å²) < 4.78 is 6.09. The number of aromatic nitrogens is 3. The van der Waals surface area contributed by atoms with Gasteiger partial charge >= 0.3 is 6.01 Å². The molecule has 0 spiro atoms. The number of amides is 1. The van der Waals surface area contributed by atoms with E-state index < -0.39 is 0 Å². The number of aromatic hydroxyl groups is 1. The van der Waals surface area contributed by atoms with Gasteiger partial charge in [-0.1, -0.05) is 30.8 Å². The summed E-state index contributed by atoms with van der Waals surface area (Å²) in [5, 5.41) is 13.2. The average Bonchev–Trinajstić information content (AvgIpc) is 3.39. The molecule has 2 aliphatic heterocycles. The third-order valence-corrected chi connectivity index (χ3v) is 8.88. The second kappa shape index (κ2) is 11.5. The van der Waals surface area contributed by atoms with E-state index in [9.17, 15) is 9.90 Å². The van der Waals surface area contributed by atoms with Crippen molar-refractivity contribution in [2.75, 3.05) is 43.9 Å². The van der Waals surface area contributed by atoms with Crippen LogP contribution in [-0.2, 0) is 4.79 Å². The number of carbonyl (C=O) groups is 1. The molecule has 0 aliphatic carbocycles. The summed E-state index contributed by atoms with van der Waals surface area (Å²) in [6.07, 6.45) is 3.72. The molecule has 2 atom stereocenters. The van der Waals surface area contributed by atoms with Crippen LogP contribution < -0.4 is 9.08 Å². The number of phenols is 1. The first kappa shape index (κ1) is 27.3. The molecule has 1 amide bonds. The molecule has 0 bridgehead atoms. The molecule has 212 valence electrons. The molecule has 2 fully saturated rings. The molecular weight excluding hydrogens is 536 g/mol. The first-order valence-electron chi connectivity index (χ1n) is 14.0. The molecule has 6 rings (SSSR count). The van der Waals surface area contributed by atoms with E-state index in [2.05, 4.69) is 30.4 Å². The van der Waals surface area contributed by atoms with Gasteiger partial charge < -0.3 is 24.0 Å². The lowest BCUT2D eigenvalue weighted by Gasteiger charge is -2.40. The molecular formula is C31H34N6O3S. The monoisotopic (exact) mass is 570 g/mol. The molecule has 2 aromatic carbocycles. The fraction of sp³-hybridized carbons (Fsp3) is 0.355. The van der Waals surface area contributed by atoms with Gasteiger partial charge in [0.15, 0.2) is 5.65 Å². The van der Waals surface area contributed by atoms with Gasteiger partial charge in [-0.15, -0.1) is 0 Å². The largest absolute Gasteiger partial charge is 0.508 e. The molecule has 2 aromatic heterocycles. The molecule has 4 heterocycles. The number of likely N-dealkylation sites (tertiary alicyclic amines) is 1. The number of nitrogens with zero attached hydrogens (tertiary/aromatic N) is 6. The Hall–Kier alpha value is -3.89. The number of hydrogen-bond acceptors (Lipinski definition) is 9. The SMILES string of the molecule is C=CC(=O)N1CCN(c2nc(OSCC3CCCN3C)nc3nc(-c4cc(O)cc5ccccc45)ccc23)[C@H](C)C1. The van der Waals surface area contributed by atoms with Crippen LogP contribution in [0.3, 0.4) is 0 Å². The first-order chi connectivity index (χ1) is 19.9. The number of carbonyl (C=O) groups excluding carboxylic acids is 1. The predicted octanol–water partition coefficient (Wildman–Crippen LogP) is 4.89. The Bertz CT molecular complexity index is 1610. The topological polar surface area (TPSA) is 94.9 Å². The van der Waals surface area contributed by atoms with E-state index in [0.29, 0.717) is 37.0 Å². The maximum atomic E-state index is 12.3. The van der Waals surface area contributed by atoms with Crippen LogP contribution >= 0.6 is 12.0 Å². The fourth-order valence-corrected chi connectivity index (χ4v) is 6.67. The zero-order valence-corrected chi connectivity index (χ0v) is 24.2. The molecule has 4 aromatic rings. The van der Waals surface area contributed by atoms with Gasteiger partial charge in [0.05, 0.1) is 23.1 Å². The van der Waals surface area contributed by atoms with Crippen LogP contribution in [0.4, 0.5) is 5.82 Å². The third-order valence-electron chi connectivity index (χ3n) is 8.09. The van der Waals surface area contributed by atoms with Gasteiger partial charge in [0, 0.05) is 43.0 Å². The van der Waals surface area contributed by atoms with Crippen LogP contribution in [0.2, 0.25) is 0 Å². The molecule has 2 aliphatic rings. The van der Waals surface area contributed by atoms with E-state index in [0.717, 1.165) is 46.3 Å². The van der Waals surface area contributed by atoms with Crippen LogP contribution in [0.15, 0.2) is 61.2 Å². The lowest BCUT2D eigenvalue weighted by molar-refractivity contribution is -0.126. The molecule has 0 saturated carbocycles. The minimum Gasteiger partial charge on any atom is -0.508 e. The summed E-state index contributed by atoms with van der Waals surface area (Å²) in [7, 11) is 2.15. The molecule has 1 N–H and O–H groups in total. The van der Waals surface area contributed by atoms with Crippen LogP contribution in [-0.4, -0.2) is 86.8 Å². The van der Waals surface area contributed by atoms with E-state index >= 15 is 0 Å². The summed E-state index contributed by atoms with van der Waals surface area (Å²) >= 11 is 1.37. The van der Waals surface area contributed by atoms with Gasteiger partial charge in [-0.2, -0.15) is 9.97 Å². The Kier molecular flexibility index (Phi) is 7.68. The number of benzene rings is 2. The Morgan fingerprint density at radius 1 is 1.12 bits per heavy atom. The van der Waals surface area contributed by atoms with Gasteiger partial charge in [-0.05, 0) is 74.5 Å². The van der Waals surface area contributed by atoms with Gasteiger partial charge in [0.1, 0.15) is 11.6 Å². The van der Waals surface area contributed by atoms with Crippen molar-refractivity contribution < 1.29 is 14.1 Å². The Morgan fingerprint density at radius 3 is 2.76 bits per heavy atom. The highest BCUT2D eigenvalue weighted by molar-refractivity contribution is 7.95. The van der Waals surface area contributed by atoms with Crippen LogP contribution in [0.25, 0.3) is 33.1 Å². The number of phenolic OH excluding ortho intramolecular Hbond substituents is 1. The smallest absolute Gasteiger partial charge is 0.332 e. The number of rotatable bonds is 7. The molecule has 41 heavy (non-hydrogen) atoms. The molecule has 2 saturated heterocycles. The fourth-order valence-electron chi connectivity index (χ4n) is 5.84. The lowest BCUT2D eigenvalue weighted by Crippen LogP contribution is -2.53. The van der Waals surface area contributed by atoms with Crippen molar-refractivity contribution in [2.24, 2.45) is 0 Å². The van der Waals surface area contributed by atoms with Crippen molar-refractivity contribution in [3.63, 3.8) is 0 Å². The van der Waals surface area contributed by atoms with Gasteiger partial charge in [0.2, 0.25) is 5.91 Å². The van der Waals surface area contributed by atoms with Crippen molar-refractivity contribution in [3.8, 4) is 23.0 Å². The van der Waals surface area contributed by atoms with Gasteiger partial charge in [-0.3, -0.25) is 4.79 Å². The van der Waals surface area contributed by atoms with Gasteiger partial charge in [0.25, 0.3) is 0 Å². The Balaban J connectivity index is 1.38. The maximum absolute atomic E-state index is 12.3. The number of anilines is 1.